The fourth-order valence-corrected chi connectivity index (χ4v) is 2.09. The van der Waals surface area contributed by atoms with Crippen molar-refractivity contribution in [3.05, 3.63) is 42.0 Å². The molecule has 8 heteroatoms. The molecule has 0 spiro atoms. The molecule has 0 atom stereocenters. The van der Waals surface area contributed by atoms with Crippen molar-refractivity contribution in [2.75, 3.05) is 25.5 Å². The summed E-state index contributed by atoms with van der Waals surface area (Å²) in [5.41, 5.74) is 2.35. The number of aliphatic imine (C=N–C) groups is 1. The van der Waals surface area contributed by atoms with Crippen LogP contribution in [0, 0.1) is 0 Å². The minimum absolute atomic E-state index is 0. The molecule has 132 valence electrons. The van der Waals surface area contributed by atoms with Crippen molar-refractivity contribution in [1.29, 1.82) is 0 Å². The van der Waals surface area contributed by atoms with Crippen molar-refractivity contribution in [2.45, 2.75) is 20.0 Å². The first kappa shape index (κ1) is 20.2. The second-order valence-corrected chi connectivity index (χ2v) is 5.41. The summed E-state index contributed by atoms with van der Waals surface area (Å²) in [6.07, 6.45) is 1.55. The Balaban J connectivity index is 0.00000288. The Bertz CT molecular complexity index is 651. The smallest absolute Gasteiger partial charge is 0.191 e. The fraction of sp³-hybridized carbons (Fsp3) is 0.438. The molecule has 0 fully saturated rings. The summed E-state index contributed by atoms with van der Waals surface area (Å²) in [6.45, 7) is 4.06. The van der Waals surface area contributed by atoms with E-state index in [4.69, 9.17) is 0 Å². The van der Waals surface area contributed by atoms with Gasteiger partial charge in [-0.3, -0.25) is 4.68 Å². The Morgan fingerprint density at radius 3 is 2.71 bits per heavy atom. The van der Waals surface area contributed by atoms with Crippen molar-refractivity contribution >= 4 is 35.6 Å². The van der Waals surface area contributed by atoms with Gasteiger partial charge in [-0.1, -0.05) is 12.1 Å². The molecule has 24 heavy (non-hydrogen) atoms. The second-order valence-electron chi connectivity index (χ2n) is 5.41. The van der Waals surface area contributed by atoms with E-state index in [0.29, 0.717) is 13.1 Å². The molecule has 1 heterocycles. The fourth-order valence-electron chi connectivity index (χ4n) is 2.09. The Morgan fingerprint density at radius 1 is 1.29 bits per heavy atom. The molecule has 2 N–H and O–H groups in total. The molecule has 0 aliphatic heterocycles. The number of halogens is 1. The largest absolute Gasteiger partial charge is 0.378 e. The van der Waals surface area contributed by atoms with Gasteiger partial charge in [0.25, 0.3) is 0 Å². The minimum atomic E-state index is 0. The van der Waals surface area contributed by atoms with Crippen molar-refractivity contribution in [3.8, 4) is 0 Å². The van der Waals surface area contributed by atoms with Gasteiger partial charge in [-0.05, 0) is 24.6 Å². The highest BCUT2D eigenvalue weighted by Crippen LogP contribution is 2.13. The number of anilines is 1. The summed E-state index contributed by atoms with van der Waals surface area (Å²) in [7, 11) is 5.95. The normalized spacial score (nSPS) is 10.9. The molecular formula is C16H26IN7. The van der Waals surface area contributed by atoms with Gasteiger partial charge in [0.2, 0.25) is 0 Å². The van der Waals surface area contributed by atoms with Crippen LogP contribution in [-0.4, -0.2) is 41.4 Å². The van der Waals surface area contributed by atoms with E-state index in [1.807, 2.05) is 28.1 Å². The predicted molar refractivity (Wildman–Crippen MR) is 109 cm³/mol. The number of nitrogens with one attached hydrogen (secondary N) is 2. The van der Waals surface area contributed by atoms with Crippen LogP contribution in [0.2, 0.25) is 0 Å². The third-order valence-corrected chi connectivity index (χ3v) is 3.41. The summed E-state index contributed by atoms with van der Waals surface area (Å²) in [5, 5.41) is 10.6. The molecule has 0 aliphatic carbocycles. The zero-order valence-corrected chi connectivity index (χ0v) is 17.0. The monoisotopic (exact) mass is 443 g/mol. The maximum atomic E-state index is 4.63. The first-order valence-electron chi connectivity index (χ1n) is 7.71. The van der Waals surface area contributed by atoms with Gasteiger partial charge in [0.15, 0.2) is 5.96 Å². The van der Waals surface area contributed by atoms with E-state index < -0.39 is 0 Å². The molecule has 2 aromatic rings. The van der Waals surface area contributed by atoms with Crippen molar-refractivity contribution in [3.63, 3.8) is 0 Å². The molecule has 0 saturated heterocycles. The van der Waals surface area contributed by atoms with Gasteiger partial charge in [-0.25, -0.2) is 9.98 Å². The summed E-state index contributed by atoms with van der Waals surface area (Å²) in [4.78, 5) is 10.9. The maximum Gasteiger partial charge on any atom is 0.191 e. The maximum absolute atomic E-state index is 4.63. The average molecular weight is 443 g/mol. The molecular weight excluding hydrogens is 417 g/mol. The standard InChI is InChI=1S/C16H25N7.HI/c1-5-17-16(19-11-15-20-12-21-23(15)4)18-10-13-7-6-8-14(9-13)22(2)3;/h6-9,12H,5,10-11H2,1-4H3,(H2,17,18,19);1H. The SMILES string of the molecule is CCNC(=NCc1cccc(N(C)C)c1)NCc1ncnn1C.I. The van der Waals surface area contributed by atoms with Gasteiger partial charge in [-0.15, -0.1) is 24.0 Å². The van der Waals surface area contributed by atoms with Crippen molar-refractivity contribution < 1.29 is 0 Å². The van der Waals surface area contributed by atoms with Crippen LogP contribution in [-0.2, 0) is 20.1 Å². The number of rotatable bonds is 6. The van der Waals surface area contributed by atoms with E-state index in [9.17, 15) is 0 Å². The lowest BCUT2D eigenvalue weighted by molar-refractivity contribution is 0.673. The van der Waals surface area contributed by atoms with Crippen LogP contribution in [0.4, 0.5) is 5.69 Å². The van der Waals surface area contributed by atoms with Gasteiger partial charge >= 0.3 is 0 Å². The first-order valence-corrected chi connectivity index (χ1v) is 7.71. The highest BCUT2D eigenvalue weighted by molar-refractivity contribution is 14.0. The minimum Gasteiger partial charge on any atom is -0.378 e. The summed E-state index contributed by atoms with van der Waals surface area (Å²) >= 11 is 0. The van der Waals surface area contributed by atoms with Crippen molar-refractivity contribution in [2.24, 2.45) is 12.0 Å². The van der Waals surface area contributed by atoms with E-state index >= 15 is 0 Å². The number of hydrogen-bond acceptors (Lipinski definition) is 4. The highest BCUT2D eigenvalue weighted by Gasteiger charge is 2.03. The first-order chi connectivity index (χ1) is 11.1. The molecule has 0 saturated carbocycles. The van der Waals surface area contributed by atoms with Crippen LogP contribution in [0.3, 0.4) is 0 Å². The molecule has 0 amide bonds. The summed E-state index contributed by atoms with van der Waals surface area (Å²) in [5.74, 6) is 1.64. The van der Waals surface area contributed by atoms with Crippen LogP contribution >= 0.6 is 24.0 Å². The third kappa shape index (κ3) is 5.99. The lowest BCUT2D eigenvalue weighted by Gasteiger charge is -2.14. The van der Waals surface area contributed by atoms with E-state index in [2.05, 4.69) is 54.9 Å². The van der Waals surface area contributed by atoms with Gasteiger partial charge < -0.3 is 15.5 Å². The number of benzene rings is 1. The van der Waals surface area contributed by atoms with Crippen molar-refractivity contribution in [1.82, 2.24) is 25.4 Å². The third-order valence-electron chi connectivity index (χ3n) is 3.41. The second kappa shape index (κ2) is 10.1. The topological polar surface area (TPSA) is 70.4 Å². The number of guanidine groups is 1. The molecule has 1 aromatic carbocycles. The Kier molecular flexibility index (Phi) is 8.51. The number of hydrogen-bond donors (Lipinski definition) is 2. The van der Waals surface area contributed by atoms with Gasteiger partial charge in [0.1, 0.15) is 12.2 Å². The highest BCUT2D eigenvalue weighted by atomic mass is 127. The Labute approximate surface area is 160 Å². The number of aryl methyl sites for hydroxylation is 1. The molecule has 7 nitrogen and oxygen atoms in total. The summed E-state index contributed by atoms with van der Waals surface area (Å²) < 4.78 is 1.75. The van der Waals surface area contributed by atoms with Crippen LogP contribution in [0.5, 0.6) is 0 Å². The van der Waals surface area contributed by atoms with Gasteiger partial charge in [0.05, 0.1) is 13.1 Å². The van der Waals surface area contributed by atoms with E-state index in [0.717, 1.165) is 18.3 Å². The lowest BCUT2D eigenvalue weighted by Crippen LogP contribution is -2.37. The van der Waals surface area contributed by atoms with E-state index in [-0.39, 0.29) is 24.0 Å². The molecule has 0 unspecified atom stereocenters. The molecule has 2 rings (SSSR count). The lowest BCUT2D eigenvalue weighted by atomic mass is 10.2. The number of nitrogens with zero attached hydrogens (tertiary/aromatic N) is 5. The predicted octanol–water partition coefficient (Wildman–Crippen LogP) is 1.75. The van der Waals surface area contributed by atoms with Crippen LogP contribution in [0.25, 0.3) is 0 Å². The molecule has 0 radical (unpaired) electrons. The average Bonchev–Trinajstić information content (AvgIpc) is 2.95. The Morgan fingerprint density at radius 2 is 2.08 bits per heavy atom. The van der Waals surface area contributed by atoms with Gasteiger partial charge in [0, 0.05) is 33.4 Å². The van der Waals surface area contributed by atoms with E-state index in [1.165, 1.54) is 11.3 Å². The zero-order valence-electron chi connectivity index (χ0n) is 14.7. The Hall–Kier alpha value is -1.84. The van der Waals surface area contributed by atoms with Crippen LogP contribution < -0.4 is 15.5 Å². The van der Waals surface area contributed by atoms with Crippen LogP contribution in [0.1, 0.15) is 18.3 Å². The quantitative estimate of drug-likeness (QED) is 0.405. The molecule has 0 aliphatic rings. The van der Waals surface area contributed by atoms with Gasteiger partial charge in [-0.2, -0.15) is 5.10 Å². The molecule has 0 bridgehead atoms. The summed E-state index contributed by atoms with van der Waals surface area (Å²) in [6, 6.07) is 8.38. The number of aromatic nitrogens is 3. The van der Waals surface area contributed by atoms with E-state index in [1.54, 1.807) is 11.0 Å². The van der Waals surface area contributed by atoms with Crippen LogP contribution in [0.15, 0.2) is 35.6 Å². The zero-order chi connectivity index (χ0) is 16.7. The molecule has 1 aromatic heterocycles.